The molecular formula is C27H35N3O6S. The fourth-order valence-corrected chi connectivity index (χ4v) is 5.91. The van der Waals surface area contributed by atoms with Gasteiger partial charge >= 0.3 is 0 Å². The van der Waals surface area contributed by atoms with Gasteiger partial charge in [-0.25, -0.2) is 12.7 Å². The van der Waals surface area contributed by atoms with Crippen LogP contribution in [0.1, 0.15) is 62.4 Å². The third-order valence-corrected chi connectivity index (χ3v) is 8.38. The summed E-state index contributed by atoms with van der Waals surface area (Å²) in [6.07, 6.45) is 1.28. The van der Waals surface area contributed by atoms with Gasteiger partial charge in [0.2, 0.25) is 11.8 Å². The van der Waals surface area contributed by atoms with E-state index in [2.05, 4.69) is 5.32 Å². The largest absolute Gasteiger partial charge is 0.497 e. The quantitative estimate of drug-likeness (QED) is 0.451. The number of methoxy groups -OCH3 is 1. The van der Waals surface area contributed by atoms with Gasteiger partial charge in [0.25, 0.3) is 15.9 Å². The zero-order valence-corrected chi connectivity index (χ0v) is 22.6. The Bertz CT molecular complexity index is 1250. The number of hydrogen-bond acceptors (Lipinski definition) is 6. The number of benzene rings is 2. The van der Waals surface area contributed by atoms with E-state index in [4.69, 9.17) is 4.74 Å². The molecule has 2 atom stereocenters. The summed E-state index contributed by atoms with van der Waals surface area (Å²) < 4.78 is 31.8. The minimum Gasteiger partial charge on any atom is -0.497 e. The zero-order chi connectivity index (χ0) is 27.2. The zero-order valence-electron chi connectivity index (χ0n) is 21.8. The molecule has 0 saturated carbocycles. The maximum Gasteiger partial charge on any atom is 0.269 e. The highest BCUT2D eigenvalue weighted by molar-refractivity contribution is 7.90. The van der Waals surface area contributed by atoms with Gasteiger partial charge in [0.1, 0.15) is 16.7 Å². The molecule has 0 spiro atoms. The summed E-state index contributed by atoms with van der Waals surface area (Å²) in [5.41, 5.74) is 0.941. The first-order chi connectivity index (χ1) is 17.6. The van der Waals surface area contributed by atoms with Crippen LogP contribution in [-0.2, 0) is 26.2 Å². The predicted molar refractivity (Wildman–Crippen MR) is 139 cm³/mol. The highest BCUT2D eigenvalue weighted by Gasteiger charge is 2.40. The summed E-state index contributed by atoms with van der Waals surface area (Å²) in [7, 11) is -2.38. The molecule has 3 rings (SSSR count). The van der Waals surface area contributed by atoms with Gasteiger partial charge < -0.3 is 15.0 Å². The van der Waals surface area contributed by atoms with Crippen LogP contribution in [0.2, 0.25) is 0 Å². The molecule has 0 bridgehead atoms. The topological polar surface area (TPSA) is 113 Å². The number of sulfonamides is 1. The van der Waals surface area contributed by atoms with Gasteiger partial charge in [0, 0.05) is 25.6 Å². The molecule has 1 heterocycles. The number of amides is 3. The fourth-order valence-electron chi connectivity index (χ4n) is 4.30. The summed E-state index contributed by atoms with van der Waals surface area (Å²) in [4.78, 5) is 40.7. The Balaban J connectivity index is 1.76. The second kappa shape index (κ2) is 12.2. The molecule has 3 amide bonds. The number of rotatable bonds is 12. The van der Waals surface area contributed by atoms with Crippen molar-refractivity contribution < 1.29 is 27.5 Å². The number of nitrogens with zero attached hydrogens (tertiary/aromatic N) is 2. The molecule has 37 heavy (non-hydrogen) atoms. The Morgan fingerprint density at radius 3 is 2.46 bits per heavy atom. The molecule has 0 aromatic heterocycles. The molecule has 1 aliphatic heterocycles. The second-order valence-corrected chi connectivity index (χ2v) is 10.9. The minimum absolute atomic E-state index is 0.0151. The average Bonchev–Trinajstić information content (AvgIpc) is 3.09. The molecule has 0 saturated heterocycles. The second-order valence-electron chi connectivity index (χ2n) is 9.10. The van der Waals surface area contributed by atoms with E-state index < -0.39 is 22.0 Å². The van der Waals surface area contributed by atoms with E-state index in [-0.39, 0.29) is 54.2 Å². The van der Waals surface area contributed by atoms with Crippen LogP contribution >= 0.6 is 0 Å². The Hall–Kier alpha value is -3.40. The molecular weight excluding hydrogens is 494 g/mol. The number of nitrogens with one attached hydrogen (secondary N) is 1. The van der Waals surface area contributed by atoms with E-state index in [0.29, 0.717) is 12.2 Å². The Morgan fingerprint density at radius 1 is 1.08 bits per heavy atom. The summed E-state index contributed by atoms with van der Waals surface area (Å²) in [6, 6.07) is 12.6. The fraction of sp³-hybridized carbons (Fsp3) is 0.444. The molecule has 0 radical (unpaired) electrons. The van der Waals surface area contributed by atoms with Crippen LogP contribution in [0.25, 0.3) is 0 Å². The lowest BCUT2D eigenvalue weighted by molar-refractivity contribution is -0.141. The van der Waals surface area contributed by atoms with Crippen LogP contribution in [0, 0.1) is 0 Å². The van der Waals surface area contributed by atoms with Crippen LogP contribution in [0.3, 0.4) is 0 Å². The van der Waals surface area contributed by atoms with Crippen molar-refractivity contribution in [3.8, 4) is 5.75 Å². The predicted octanol–water partition coefficient (Wildman–Crippen LogP) is 3.34. The van der Waals surface area contributed by atoms with E-state index in [1.807, 2.05) is 39.0 Å². The SMILES string of the molecule is CCC(C)NC(=O)C(CC)N(Cc1cccc(OC)c1)C(=O)CCCN1C(=O)c2ccccc2S1(=O)=O. The van der Waals surface area contributed by atoms with Crippen molar-refractivity contribution in [2.75, 3.05) is 13.7 Å². The first-order valence-electron chi connectivity index (χ1n) is 12.5. The lowest BCUT2D eigenvalue weighted by Gasteiger charge is -2.31. The summed E-state index contributed by atoms with van der Waals surface area (Å²) in [5.74, 6) is -0.480. The molecule has 0 fully saturated rings. The Labute approximate surface area is 218 Å². The molecule has 0 aliphatic carbocycles. The van der Waals surface area contributed by atoms with Crippen LogP contribution < -0.4 is 10.1 Å². The summed E-state index contributed by atoms with van der Waals surface area (Å²) in [5, 5.41) is 2.96. The molecule has 2 aromatic rings. The van der Waals surface area contributed by atoms with Crippen LogP contribution in [0.5, 0.6) is 5.75 Å². The highest BCUT2D eigenvalue weighted by Crippen LogP contribution is 2.30. The maximum atomic E-state index is 13.5. The van der Waals surface area contributed by atoms with E-state index >= 15 is 0 Å². The van der Waals surface area contributed by atoms with Crippen molar-refractivity contribution >= 4 is 27.7 Å². The number of hydrogen-bond donors (Lipinski definition) is 1. The standard InChI is InChI=1S/C27H35N3O6S/c1-5-19(3)28-26(32)23(6-2)29(18-20-11-9-12-21(17-20)36-4)25(31)15-10-16-30-27(33)22-13-7-8-14-24(22)37(30,34)35/h7-9,11-14,17,19,23H,5-6,10,15-16,18H2,1-4H3,(H,28,32). The van der Waals surface area contributed by atoms with Gasteiger partial charge in [-0.2, -0.15) is 0 Å². The summed E-state index contributed by atoms with van der Waals surface area (Å²) in [6.45, 7) is 5.79. The van der Waals surface area contributed by atoms with Crippen molar-refractivity contribution in [3.63, 3.8) is 0 Å². The third kappa shape index (κ3) is 6.30. The molecule has 200 valence electrons. The van der Waals surface area contributed by atoms with Gasteiger partial charge in [-0.1, -0.05) is 38.1 Å². The highest BCUT2D eigenvalue weighted by atomic mass is 32.2. The van der Waals surface area contributed by atoms with E-state index in [1.165, 1.54) is 17.0 Å². The van der Waals surface area contributed by atoms with Crippen molar-refractivity contribution in [2.24, 2.45) is 0 Å². The van der Waals surface area contributed by atoms with Crippen LogP contribution in [-0.4, -0.2) is 61.1 Å². The molecule has 2 unspecified atom stereocenters. The number of fused-ring (bicyclic) bond motifs is 1. The van der Waals surface area contributed by atoms with Gasteiger partial charge in [-0.3, -0.25) is 14.4 Å². The molecule has 10 heteroatoms. The van der Waals surface area contributed by atoms with Crippen LogP contribution in [0.4, 0.5) is 0 Å². The summed E-state index contributed by atoms with van der Waals surface area (Å²) >= 11 is 0. The average molecular weight is 530 g/mol. The van der Waals surface area contributed by atoms with Gasteiger partial charge in [0.05, 0.1) is 12.7 Å². The maximum absolute atomic E-state index is 13.5. The monoisotopic (exact) mass is 529 g/mol. The smallest absolute Gasteiger partial charge is 0.269 e. The van der Waals surface area contributed by atoms with E-state index in [1.54, 1.807) is 25.3 Å². The van der Waals surface area contributed by atoms with E-state index in [9.17, 15) is 22.8 Å². The normalized spacial score (nSPS) is 15.6. The van der Waals surface area contributed by atoms with Crippen molar-refractivity contribution in [1.29, 1.82) is 0 Å². The number of ether oxygens (including phenoxy) is 1. The van der Waals surface area contributed by atoms with E-state index in [0.717, 1.165) is 16.3 Å². The van der Waals surface area contributed by atoms with Gasteiger partial charge in [0.15, 0.2) is 0 Å². The Kier molecular flexibility index (Phi) is 9.31. The minimum atomic E-state index is -3.94. The first-order valence-corrected chi connectivity index (χ1v) is 14.0. The van der Waals surface area contributed by atoms with Crippen molar-refractivity contribution in [3.05, 3.63) is 59.7 Å². The van der Waals surface area contributed by atoms with Gasteiger partial charge in [-0.15, -0.1) is 0 Å². The van der Waals surface area contributed by atoms with Crippen molar-refractivity contribution in [1.82, 2.24) is 14.5 Å². The lowest BCUT2D eigenvalue weighted by Crippen LogP contribution is -2.50. The van der Waals surface area contributed by atoms with Crippen LogP contribution in [0.15, 0.2) is 53.4 Å². The van der Waals surface area contributed by atoms with Gasteiger partial charge in [-0.05, 0) is 56.0 Å². The molecule has 1 aliphatic rings. The number of carbonyl (C=O) groups is 3. The number of carbonyl (C=O) groups excluding carboxylic acids is 3. The molecule has 9 nitrogen and oxygen atoms in total. The molecule has 2 aromatic carbocycles. The first kappa shape index (κ1) is 28.2. The lowest BCUT2D eigenvalue weighted by atomic mass is 10.1. The third-order valence-electron chi connectivity index (χ3n) is 6.54. The molecule has 1 N–H and O–H groups in total. The van der Waals surface area contributed by atoms with Crippen molar-refractivity contribution in [2.45, 2.75) is 70.0 Å². The Morgan fingerprint density at radius 2 is 1.81 bits per heavy atom.